The number of methoxy groups -OCH3 is 1. The number of amides is 2. The van der Waals surface area contributed by atoms with Crippen LogP contribution >= 0.6 is 0 Å². The van der Waals surface area contributed by atoms with Crippen LogP contribution in [0.1, 0.15) is 57.4 Å². The molecule has 1 aromatic carbocycles. The topological polar surface area (TPSA) is 81.9 Å². The average molecular weight is 362 g/mol. The second-order valence-corrected chi connectivity index (χ2v) is 6.80. The van der Waals surface area contributed by atoms with Gasteiger partial charge in [-0.3, -0.25) is 9.59 Å². The summed E-state index contributed by atoms with van der Waals surface area (Å²) in [5.74, 6) is 0.687. The van der Waals surface area contributed by atoms with Gasteiger partial charge in [-0.05, 0) is 37.0 Å². The summed E-state index contributed by atoms with van der Waals surface area (Å²) in [4.78, 5) is 25.6. The molecule has 144 valence electrons. The molecule has 1 aliphatic rings. The predicted octanol–water partition coefficient (Wildman–Crippen LogP) is 3.02. The molecule has 6 nitrogen and oxygen atoms in total. The lowest BCUT2D eigenvalue weighted by Gasteiger charge is -2.34. The van der Waals surface area contributed by atoms with Crippen molar-refractivity contribution < 1.29 is 19.1 Å². The van der Waals surface area contributed by atoms with Crippen LogP contribution in [0.2, 0.25) is 0 Å². The third kappa shape index (κ3) is 5.64. The molecule has 1 fully saturated rings. The van der Waals surface area contributed by atoms with Crippen LogP contribution in [0.5, 0.6) is 11.5 Å². The Labute approximate surface area is 155 Å². The van der Waals surface area contributed by atoms with E-state index in [1.807, 2.05) is 24.0 Å². The Morgan fingerprint density at radius 3 is 2.54 bits per heavy atom. The van der Waals surface area contributed by atoms with E-state index in [1.54, 1.807) is 13.2 Å². The molecule has 0 saturated heterocycles. The van der Waals surface area contributed by atoms with E-state index in [1.165, 1.54) is 19.3 Å². The van der Waals surface area contributed by atoms with Crippen molar-refractivity contribution in [2.75, 3.05) is 13.7 Å². The van der Waals surface area contributed by atoms with Gasteiger partial charge in [-0.1, -0.05) is 32.3 Å². The molecule has 26 heavy (non-hydrogen) atoms. The molecule has 0 radical (unpaired) electrons. The number of rotatable bonds is 9. The number of benzene rings is 1. The predicted molar refractivity (Wildman–Crippen MR) is 100 cm³/mol. The molecule has 0 unspecified atom stereocenters. The van der Waals surface area contributed by atoms with Gasteiger partial charge in [0.25, 0.3) is 5.91 Å². The fourth-order valence-electron chi connectivity index (χ4n) is 3.45. The number of ether oxygens (including phenoxy) is 2. The normalized spacial score (nSPS) is 14.7. The van der Waals surface area contributed by atoms with E-state index >= 15 is 0 Å². The van der Waals surface area contributed by atoms with E-state index in [9.17, 15) is 9.59 Å². The lowest BCUT2D eigenvalue weighted by Crippen LogP contribution is -2.40. The van der Waals surface area contributed by atoms with E-state index in [0.717, 1.165) is 24.8 Å². The minimum Gasteiger partial charge on any atom is -0.493 e. The van der Waals surface area contributed by atoms with Crippen LogP contribution in [0, 0.1) is 0 Å². The van der Waals surface area contributed by atoms with E-state index < -0.39 is 5.91 Å². The average Bonchev–Trinajstić information content (AvgIpc) is 2.65. The lowest BCUT2D eigenvalue weighted by atomic mass is 9.93. The summed E-state index contributed by atoms with van der Waals surface area (Å²) in [7, 11) is 1.55. The maximum absolute atomic E-state index is 12.7. The van der Waals surface area contributed by atoms with Gasteiger partial charge in [-0.25, -0.2) is 0 Å². The molecule has 0 bridgehead atoms. The quantitative estimate of drug-likeness (QED) is 0.732. The molecule has 0 aliphatic heterocycles. The van der Waals surface area contributed by atoms with Crippen molar-refractivity contribution in [3.63, 3.8) is 0 Å². The second-order valence-electron chi connectivity index (χ2n) is 6.80. The fraction of sp³-hybridized carbons (Fsp3) is 0.600. The zero-order chi connectivity index (χ0) is 18.9. The van der Waals surface area contributed by atoms with Crippen molar-refractivity contribution in [1.29, 1.82) is 0 Å². The Balaban J connectivity index is 2.15. The Morgan fingerprint density at radius 1 is 1.19 bits per heavy atom. The van der Waals surface area contributed by atoms with Gasteiger partial charge < -0.3 is 20.1 Å². The summed E-state index contributed by atoms with van der Waals surface area (Å²) in [6, 6.07) is 5.86. The van der Waals surface area contributed by atoms with Gasteiger partial charge in [0.05, 0.1) is 7.11 Å². The summed E-state index contributed by atoms with van der Waals surface area (Å²) in [5, 5.41) is 0. The Hall–Kier alpha value is -2.24. The van der Waals surface area contributed by atoms with Gasteiger partial charge in [0.2, 0.25) is 5.91 Å². The summed E-state index contributed by atoms with van der Waals surface area (Å²) in [6.07, 6.45) is 7.21. The number of hydrogen-bond donors (Lipinski definition) is 1. The molecule has 6 heteroatoms. The van der Waals surface area contributed by atoms with Gasteiger partial charge in [-0.15, -0.1) is 0 Å². The molecule has 2 amide bonds. The monoisotopic (exact) mass is 362 g/mol. The van der Waals surface area contributed by atoms with Crippen LogP contribution in [0.25, 0.3) is 0 Å². The summed E-state index contributed by atoms with van der Waals surface area (Å²) in [5.41, 5.74) is 6.11. The number of nitrogens with zero attached hydrogens (tertiary/aromatic N) is 1. The number of nitrogens with two attached hydrogens (primary N) is 1. The first-order valence-electron chi connectivity index (χ1n) is 9.42. The maximum Gasteiger partial charge on any atom is 0.255 e. The van der Waals surface area contributed by atoms with Crippen molar-refractivity contribution in [3.8, 4) is 11.5 Å². The third-order valence-electron chi connectivity index (χ3n) is 4.75. The highest BCUT2D eigenvalue weighted by molar-refractivity contribution is 5.76. The molecule has 1 aliphatic carbocycles. The van der Waals surface area contributed by atoms with Crippen molar-refractivity contribution in [1.82, 2.24) is 4.90 Å². The summed E-state index contributed by atoms with van der Waals surface area (Å²) >= 11 is 0. The van der Waals surface area contributed by atoms with E-state index in [0.29, 0.717) is 30.5 Å². The van der Waals surface area contributed by atoms with Gasteiger partial charge in [0, 0.05) is 19.0 Å². The molecule has 0 spiro atoms. The minimum absolute atomic E-state index is 0.196. The van der Waals surface area contributed by atoms with E-state index in [-0.39, 0.29) is 12.5 Å². The molecule has 0 aromatic heterocycles. The zero-order valence-electron chi connectivity index (χ0n) is 15.8. The first kappa shape index (κ1) is 20.1. The molecular weight excluding hydrogens is 332 g/mol. The SMILES string of the molecule is CCCC(=O)N(Cc1ccc(OCC(N)=O)c(OC)c1)C1CCCCC1. The first-order valence-corrected chi connectivity index (χ1v) is 9.42. The van der Waals surface area contributed by atoms with E-state index in [4.69, 9.17) is 15.2 Å². The molecule has 1 aromatic rings. The van der Waals surface area contributed by atoms with Crippen LogP contribution in [0.15, 0.2) is 18.2 Å². The summed E-state index contributed by atoms with van der Waals surface area (Å²) in [6.45, 7) is 2.40. The van der Waals surface area contributed by atoms with Crippen molar-refractivity contribution in [3.05, 3.63) is 23.8 Å². The van der Waals surface area contributed by atoms with Crippen molar-refractivity contribution >= 4 is 11.8 Å². The fourth-order valence-corrected chi connectivity index (χ4v) is 3.45. The van der Waals surface area contributed by atoms with Crippen LogP contribution in [-0.4, -0.2) is 36.5 Å². The van der Waals surface area contributed by atoms with Crippen LogP contribution in [0.3, 0.4) is 0 Å². The maximum atomic E-state index is 12.7. The summed E-state index contributed by atoms with van der Waals surface area (Å²) < 4.78 is 10.7. The van der Waals surface area contributed by atoms with E-state index in [2.05, 4.69) is 0 Å². The highest BCUT2D eigenvalue weighted by Gasteiger charge is 2.25. The third-order valence-corrected chi connectivity index (χ3v) is 4.75. The van der Waals surface area contributed by atoms with Gasteiger partial charge >= 0.3 is 0 Å². The Kier molecular flexibility index (Phi) is 7.75. The first-order chi connectivity index (χ1) is 12.5. The second kappa shape index (κ2) is 10.0. The van der Waals surface area contributed by atoms with Gasteiger partial charge in [0.1, 0.15) is 0 Å². The molecule has 0 atom stereocenters. The number of hydrogen-bond acceptors (Lipinski definition) is 4. The minimum atomic E-state index is -0.537. The molecule has 2 rings (SSSR count). The zero-order valence-corrected chi connectivity index (χ0v) is 15.8. The largest absolute Gasteiger partial charge is 0.493 e. The van der Waals surface area contributed by atoms with Crippen LogP contribution in [0.4, 0.5) is 0 Å². The lowest BCUT2D eigenvalue weighted by molar-refractivity contribution is -0.135. The van der Waals surface area contributed by atoms with Crippen molar-refractivity contribution in [2.24, 2.45) is 5.73 Å². The standard InChI is InChI=1S/C20H30N2O4/c1-3-7-20(24)22(16-8-5-4-6-9-16)13-15-10-11-17(18(12-15)25-2)26-14-19(21)23/h10-12,16H,3-9,13-14H2,1-2H3,(H2,21,23). The van der Waals surface area contributed by atoms with Crippen LogP contribution in [-0.2, 0) is 16.1 Å². The highest BCUT2D eigenvalue weighted by Crippen LogP contribution is 2.30. The molecular formula is C20H30N2O4. The number of carbonyl (C=O) groups excluding carboxylic acids is 2. The van der Waals surface area contributed by atoms with Gasteiger partial charge in [-0.2, -0.15) is 0 Å². The Morgan fingerprint density at radius 2 is 1.92 bits per heavy atom. The molecule has 1 saturated carbocycles. The molecule has 0 heterocycles. The number of primary amides is 1. The highest BCUT2D eigenvalue weighted by atomic mass is 16.5. The smallest absolute Gasteiger partial charge is 0.255 e. The molecule has 2 N–H and O–H groups in total. The number of carbonyl (C=O) groups is 2. The Bertz CT molecular complexity index is 612. The van der Waals surface area contributed by atoms with Crippen LogP contribution < -0.4 is 15.2 Å². The van der Waals surface area contributed by atoms with Gasteiger partial charge in [0.15, 0.2) is 18.1 Å². The van der Waals surface area contributed by atoms with Crippen molar-refractivity contribution in [2.45, 2.75) is 64.5 Å².